The Bertz CT molecular complexity index is 179. The average Bonchev–Trinajstić information content (AvgIpc) is 1.98. The number of hydrogen-bond donors (Lipinski definition) is 2. The molecule has 0 aromatic heterocycles. The van der Waals surface area contributed by atoms with E-state index in [0.29, 0.717) is 0 Å². The number of rotatable bonds is 4. The molecule has 0 aromatic rings. The molecule has 0 bridgehead atoms. The minimum absolute atomic E-state index is 0.00148. The van der Waals surface area contributed by atoms with Crippen LogP contribution in [0, 0.1) is 0 Å². The number of ether oxygens (including phenoxy) is 1. The molecule has 5 heteroatoms. The monoisotopic (exact) mass is 174 g/mol. The van der Waals surface area contributed by atoms with E-state index in [0.717, 1.165) is 0 Å². The number of amides is 1. The lowest BCUT2D eigenvalue weighted by Gasteiger charge is -2.15. The number of primary amides is 1. The normalized spacial score (nSPS) is 12.7. The van der Waals surface area contributed by atoms with E-state index in [2.05, 4.69) is 10.1 Å². The average molecular weight is 174 g/mol. The molecule has 0 fully saturated rings. The molecular formula is C7H14N2O3. The molecule has 0 spiro atoms. The summed E-state index contributed by atoms with van der Waals surface area (Å²) in [6.45, 7) is 3.61. The Morgan fingerprint density at radius 2 is 1.92 bits per heavy atom. The summed E-state index contributed by atoms with van der Waals surface area (Å²) in [6, 6.07) is -1.04. The van der Waals surface area contributed by atoms with Crippen LogP contribution in [0.4, 0.5) is 0 Å². The van der Waals surface area contributed by atoms with Crippen LogP contribution in [-0.2, 0) is 14.3 Å². The van der Waals surface area contributed by atoms with Crippen LogP contribution in [0.3, 0.4) is 0 Å². The molecule has 70 valence electrons. The van der Waals surface area contributed by atoms with Gasteiger partial charge in [-0.1, -0.05) is 0 Å². The molecular weight excluding hydrogens is 160 g/mol. The highest BCUT2D eigenvalue weighted by molar-refractivity contribution is 6.01. The zero-order valence-electron chi connectivity index (χ0n) is 7.46. The standard InChI is InChI=1S/C7H14N2O3/c1-4(2)9-5(6(8)10)7(11)12-3/h4-5,9H,1-3H3,(H2,8,10). The summed E-state index contributed by atoms with van der Waals surface area (Å²) < 4.78 is 4.37. The van der Waals surface area contributed by atoms with Crippen LogP contribution < -0.4 is 11.1 Å². The zero-order valence-corrected chi connectivity index (χ0v) is 7.46. The second-order valence-electron chi connectivity index (χ2n) is 2.68. The molecule has 5 nitrogen and oxygen atoms in total. The number of carbonyl (C=O) groups is 2. The van der Waals surface area contributed by atoms with Crippen molar-refractivity contribution in [3.8, 4) is 0 Å². The third-order valence-electron chi connectivity index (χ3n) is 1.22. The maximum atomic E-state index is 10.9. The molecule has 0 aliphatic heterocycles. The lowest BCUT2D eigenvalue weighted by atomic mass is 10.2. The van der Waals surface area contributed by atoms with Gasteiger partial charge >= 0.3 is 5.97 Å². The summed E-state index contributed by atoms with van der Waals surface area (Å²) in [5.74, 6) is -1.38. The summed E-state index contributed by atoms with van der Waals surface area (Å²) >= 11 is 0. The van der Waals surface area contributed by atoms with Crippen molar-refractivity contribution in [1.29, 1.82) is 0 Å². The maximum Gasteiger partial charge on any atom is 0.332 e. The molecule has 0 saturated heterocycles. The number of carbonyl (C=O) groups excluding carboxylic acids is 2. The number of nitrogens with one attached hydrogen (secondary N) is 1. The van der Waals surface area contributed by atoms with Crippen molar-refractivity contribution in [1.82, 2.24) is 5.32 Å². The fraction of sp³-hybridized carbons (Fsp3) is 0.714. The van der Waals surface area contributed by atoms with Crippen molar-refractivity contribution in [3.63, 3.8) is 0 Å². The number of methoxy groups -OCH3 is 1. The minimum Gasteiger partial charge on any atom is -0.467 e. The van der Waals surface area contributed by atoms with E-state index in [1.807, 2.05) is 0 Å². The Labute approximate surface area is 71.3 Å². The van der Waals surface area contributed by atoms with E-state index in [-0.39, 0.29) is 6.04 Å². The molecule has 0 heterocycles. The molecule has 0 aliphatic rings. The fourth-order valence-electron chi connectivity index (χ4n) is 0.718. The lowest BCUT2D eigenvalue weighted by molar-refractivity contribution is -0.146. The van der Waals surface area contributed by atoms with Crippen LogP contribution in [0.25, 0.3) is 0 Å². The molecule has 1 atom stereocenters. The van der Waals surface area contributed by atoms with Crippen LogP contribution in [0.1, 0.15) is 13.8 Å². The molecule has 0 saturated carbocycles. The molecule has 3 N–H and O–H groups in total. The first-order valence-corrected chi connectivity index (χ1v) is 3.62. The quantitative estimate of drug-likeness (QED) is 0.423. The Morgan fingerprint density at radius 3 is 2.17 bits per heavy atom. The molecule has 12 heavy (non-hydrogen) atoms. The van der Waals surface area contributed by atoms with Crippen molar-refractivity contribution in [2.45, 2.75) is 25.9 Å². The lowest BCUT2D eigenvalue weighted by Crippen LogP contribution is -2.50. The Balaban J connectivity index is 4.23. The molecule has 1 amide bonds. The van der Waals surface area contributed by atoms with Gasteiger partial charge in [0.15, 0.2) is 6.04 Å². The van der Waals surface area contributed by atoms with Gasteiger partial charge < -0.3 is 10.5 Å². The minimum atomic E-state index is -1.05. The molecule has 0 aliphatic carbocycles. The molecule has 1 unspecified atom stereocenters. The van der Waals surface area contributed by atoms with Gasteiger partial charge in [-0.2, -0.15) is 0 Å². The Morgan fingerprint density at radius 1 is 1.42 bits per heavy atom. The summed E-state index contributed by atoms with van der Waals surface area (Å²) in [4.78, 5) is 21.6. The largest absolute Gasteiger partial charge is 0.467 e. The van der Waals surface area contributed by atoms with Gasteiger partial charge in [-0.25, -0.2) is 4.79 Å². The predicted octanol–water partition coefficient (Wildman–Crippen LogP) is -0.989. The van der Waals surface area contributed by atoms with Crippen molar-refractivity contribution in [2.75, 3.05) is 7.11 Å². The first-order chi connectivity index (χ1) is 5.49. The number of esters is 1. The maximum absolute atomic E-state index is 10.9. The Kier molecular flexibility index (Phi) is 4.28. The molecule has 0 aromatic carbocycles. The SMILES string of the molecule is COC(=O)C(NC(C)C)C(N)=O. The van der Waals surface area contributed by atoms with Crippen LogP contribution in [0.15, 0.2) is 0 Å². The Hall–Kier alpha value is -1.10. The molecule has 0 radical (unpaired) electrons. The van der Waals surface area contributed by atoms with Gasteiger partial charge in [-0.05, 0) is 13.8 Å². The second kappa shape index (κ2) is 4.71. The van der Waals surface area contributed by atoms with Crippen LogP contribution in [0.2, 0.25) is 0 Å². The van der Waals surface area contributed by atoms with Gasteiger partial charge in [0, 0.05) is 6.04 Å². The van der Waals surface area contributed by atoms with E-state index in [1.54, 1.807) is 13.8 Å². The van der Waals surface area contributed by atoms with Crippen molar-refractivity contribution in [3.05, 3.63) is 0 Å². The summed E-state index contributed by atoms with van der Waals surface area (Å²) in [7, 11) is 1.21. The van der Waals surface area contributed by atoms with Gasteiger partial charge in [-0.15, -0.1) is 0 Å². The smallest absolute Gasteiger partial charge is 0.332 e. The van der Waals surface area contributed by atoms with Crippen molar-refractivity contribution in [2.24, 2.45) is 5.73 Å². The van der Waals surface area contributed by atoms with E-state index in [9.17, 15) is 9.59 Å². The number of hydrogen-bond acceptors (Lipinski definition) is 4. The van der Waals surface area contributed by atoms with Crippen LogP contribution in [0.5, 0.6) is 0 Å². The highest BCUT2D eigenvalue weighted by atomic mass is 16.5. The van der Waals surface area contributed by atoms with Crippen LogP contribution >= 0.6 is 0 Å². The van der Waals surface area contributed by atoms with Gasteiger partial charge in [-0.3, -0.25) is 10.1 Å². The zero-order chi connectivity index (χ0) is 9.72. The summed E-state index contributed by atoms with van der Waals surface area (Å²) in [6.07, 6.45) is 0. The van der Waals surface area contributed by atoms with E-state index >= 15 is 0 Å². The third kappa shape index (κ3) is 3.34. The van der Waals surface area contributed by atoms with Crippen molar-refractivity contribution >= 4 is 11.9 Å². The first-order valence-electron chi connectivity index (χ1n) is 3.62. The van der Waals surface area contributed by atoms with Crippen LogP contribution in [-0.4, -0.2) is 31.1 Å². The van der Waals surface area contributed by atoms with Gasteiger partial charge in [0.2, 0.25) is 5.91 Å². The van der Waals surface area contributed by atoms with Gasteiger partial charge in [0.05, 0.1) is 7.11 Å². The first kappa shape index (κ1) is 10.9. The van der Waals surface area contributed by atoms with Gasteiger partial charge in [0.1, 0.15) is 0 Å². The van der Waals surface area contributed by atoms with E-state index in [4.69, 9.17) is 5.73 Å². The fourth-order valence-corrected chi connectivity index (χ4v) is 0.718. The highest BCUT2D eigenvalue weighted by Crippen LogP contribution is 1.89. The predicted molar refractivity (Wildman–Crippen MR) is 43.3 cm³/mol. The summed E-state index contributed by atoms with van der Waals surface area (Å²) in [5, 5.41) is 2.68. The van der Waals surface area contributed by atoms with Gasteiger partial charge in [0.25, 0.3) is 0 Å². The topological polar surface area (TPSA) is 81.4 Å². The third-order valence-corrected chi connectivity index (χ3v) is 1.22. The second-order valence-corrected chi connectivity index (χ2v) is 2.68. The summed E-state index contributed by atoms with van der Waals surface area (Å²) in [5.41, 5.74) is 4.96. The highest BCUT2D eigenvalue weighted by Gasteiger charge is 2.25. The van der Waals surface area contributed by atoms with Crippen molar-refractivity contribution < 1.29 is 14.3 Å². The molecule has 0 rings (SSSR count). The van der Waals surface area contributed by atoms with E-state index in [1.165, 1.54) is 7.11 Å². The number of nitrogens with two attached hydrogens (primary N) is 1. The van der Waals surface area contributed by atoms with E-state index < -0.39 is 17.9 Å².